The zero-order valence-electron chi connectivity index (χ0n) is 29.0. The van der Waals surface area contributed by atoms with E-state index in [4.69, 9.17) is 23.4 Å². The van der Waals surface area contributed by atoms with Crippen LogP contribution in [0, 0.1) is 25.7 Å². The van der Waals surface area contributed by atoms with E-state index in [-0.39, 0.29) is 46.4 Å². The van der Waals surface area contributed by atoms with Gasteiger partial charge in [0.15, 0.2) is 11.5 Å². The zero-order chi connectivity index (χ0) is 36.0. The Morgan fingerprint density at radius 2 is 1.53 bits per heavy atom. The van der Waals surface area contributed by atoms with E-state index in [1.54, 1.807) is 37.3 Å². The number of nitrogens with zero attached hydrogens (tertiary/aromatic N) is 1. The number of aryl methyl sites for hydroxylation is 2. The lowest BCUT2D eigenvalue weighted by molar-refractivity contribution is -0.154. The predicted octanol–water partition coefficient (Wildman–Crippen LogP) is 8.97. The van der Waals surface area contributed by atoms with Gasteiger partial charge in [-0.3, -0.25) is 9.69 Å². The summed E-state index contributed by atoms with van der Waals surface area (Å²) in [6.07, 6.45) is -2.38. The van der Waals surface area contributed by atoms with Crippen LogP contribution in [0.1, 0.15) is 55.7 Å². The van der Waals surface area contributed by atoms with Crippen molar-refractivity contribution < 1.29 is 41.3 Å². The molecule has 0 amide bonds. The number of fused-ring (bicyclic) bond motifs is 1. The van der Waals surface area contributed by atoms with E-state index in [1.807, 2.05) is 39.5 Å². The smallest absolute Gasteiger partial charge is 0.453 e. The van der Waals surface area contributed by atoms with Crippen molar-refractivity contribution in [3.8, 4) is 28.7 Å². The van der Waals surface area contributed by atoms with Crippen LogP contribution in [0.25, 0.3) is 17.0 Å². The van der Waals surface area contributed by atoms with Crippen LogP contribution in [0.3, 0.4) is 0 Å². The molecule has 4 aromatic rings. The van der Waals surface area contributed by atoms with Gasteiger partial charge in [0.1, 0.15) is 17.1 Å². The predicted molar refractivity (Wildman–Crippen MR) is 183 cm³/mol. The van der Waals surface area contributed by atoms with Gasteiger partial charge in [-0.2, -0.15) is 13.2 Å². The van der Waals surface area contributed by atoms with Crippen molar-refractivity contribution in [2.75, 3.05) is 27.3 Å². The number of ether oxygens (including phenoxy) is 4. The number of methoxy groups -OCH3 is 2. The summed E-state index contributed by atoms with van der Waals surface area (Å²) < 4.78 is 71.2. The van der Waals surface area contributed by atoms with Gasteiger partial charge in [-0.05, 0) is 84.8 Å². The highest BCUT2D eigenvalue weighted by molar-refractivity contribution is 5.91. The number of benzene rings is 3. The molecule has 1 aromatic heterocycles. The average Bonchev–Trinajstić information content (AvgIpc) is 3.02. The van der Waals surface area contributed by atoms with Gasteiger partial charge < -0.3 is 23.4 Å². The molecule has 0 aliphatic heterocycles. The summed E-state index contributed by atoms with van der Waals surface area (Å²) in [7, 11) is 3.00. The highest BCUT2D eigenvalue weighted by Gasteiger charge is 2.41. The molecule has 0 fully saturated rings. The van der Waals surface area contributed by atoms with E-state index in [9.17, 15) is 22.8 Å². The van der Waals surface area contributed by atoms with Crippen LogP contribution in [-0.4, -0.2) is 38.2 Å². The lowest BCUT2D eigenvalue weighted by Gasteiger charge is -2.27. The lowest BCUT2D eigenvalue weighted by Crippen LogP contribution is -2.31. The fourth-order valence-electron chi connectivity index (χ4n) is 5.42. The van der Waals surface area contributed by atoms with Gasteiger partial charge in [0, 0.05) is 25.7 Å². The monoisotopic (exact) mass is 681 g/mol. The Balaban J connectivity index is 1.85. The molecule has 4 rings (SSSR count). The van der Waals surface area contributed by atoms with Crippen molar-refractivity contribution in [1.82, 2.24) is 4.90 Å². The van der Waals surface area contributed by atoms with Crippen LogP contribution in [-0.2, 0) is 17.5 Å². The van der Waals surface area contributed by atoms with Crippen molar-refractivity contribution >= 4 is 23.0 Å². The third kappa shape index (κ3) is 9.23. The second kappa shape index (κ2) is 15.6. The highest BCUT2D eigenvalue weighted by Crippen LogP contribution is 2.40. The molecule has 0 unspecified atom stereocenters. The van der Waals surface area contributed by atoms with Gasteiger partial charge in [0.05, 0.1) is 25.2 Å². The van der Waals surface area contributed by atoms with E-state index in [0.717, 1.165) is 11.1 Å². The quantitative estimate of drug-likeness (QED) is 0.0786. The first kappa shape index (κ1) is 37.1. The Labute approximate surface area is 284 Å². The summed E-state index contributed by atoms with van der Waals surface area (Å²) in [5.41, 5.74) is 1.10. The van der Waals surface area contributed by atoms with Gasteiger partial charge in [-0.1, -0.05) is 39.8 Å². The lowest BCUT2D eigenvalue weighted by atomic mass is 10.1. The molecular formula is C38H42F3NO7. The zero-order valence-corrected chi connectivity index (χ0v) is 29.0. The molecular weight excluding hydrogens is 639 g/mol. The van der Waals surface area contributed by atoms with E-state index in [1.165, 1.54) is 44.6 Å². The maximum absolute atomic E-state index is 14.6. The van der Waals surface area contributed by atoms with Crippen molar-refractivity contribution in [2.24, 2.45) is 11.8 Å². The minimum absolute atomic E-state index is 0.0360. The molecule has 0 spiro atoms. The first-order valence-corrected chi connectivity index (χ1v) is 15.9. The Morgan fingerprint density at radius 3 is 2.12 bits per heavy atom. The van der Waals surface area contributed by atoms with Gasteiger partial charge >= 0.3 is 12.1 Å². The fourth-order valence-corrected chi connectivity index (χ4v) is 5.42. The van der Waals surface area contributed by atoms with Crippen LogP contribution in [0.15, 0.2) is 63.8 Å². The molecule has 1 heterocycles. The van der Waals surface area contributed by atoms with Crippen molar-refractivity contribution in [2.45, 2.75) is 54.3 Å². The van der Waals surface area contributed by atoms with Crippen LogP contribution in [0.4, 0.5) is 13.2 Å². The molecule has 0 aliphatic rings. The molecule has 8 nitrogen and oxygen atoms in total. The summed E-state index contributed by atoms with van der Waals surface area (Å²) in [6.45, 7) is 13.0. The summed E-state index contributed by atoms with van der Waals surface area (Å²) in [5, 5.41) is -0.142. The number of hydrogen-bond acceptors (Lipinski definition) is 8. The Bertz CT molecular complexity index is 1880. The molecule has 11 heteroatoms. The fraction of sp³-hybridized carbons (Fsp3) is 0.368. The van der Waals surface area contributed by atoms with Gasteiger partial charge in [-0.15, -0.1) is 0 Å². The van der Waals surface area contributed by atoms with Gasteiger partial charge in [-0.25, -0.2) is 4.79 Å². The number of alkyl halides is 3. The Hall–Kier alpha value is -4.77. The van der Waals surface area contributed by atoms with Crippen LogP contribution < -0.4 is 24.4 Å². The molecule has 0 atom stereocenters. The molecule has 0 saturated carbocycles. The second-order valence-corrected chi connectivity index (χ2v) is 12.7. The maximum Gasteiger partial charge on any atom is 0.453 e. The van der Waals surface area contributed by atoms with E-state index in [0.29, 0.717) is 30.2 Å². The molecule has 0 saturated heterocycles. The van der Waals surface area contributed by atoms with Crippen LogP contribution >= 0.6 is 0 Å². The van der Waals surface area contributed by atoms with E-state index >= 15 is 0 Å². The number of rotatable bonds is 13. The first-order chi connectivity index (χ1) is 23.1. The van der Waals surface area contributed by atoms with Crippen molar-refractivity contribution in [3.63, 3.8) is 0 Å². The molecule has 0 N–H and O–H groups in total. The molecule has 49 heavy (non-hydrogen) atoms. The molecule has 0 aliphatic carbocycles. The maximum atomic E-state index is 14.6. The third-order valence-electron chi connectivity index (χ3n) is 7.69. The Morgan fingerprint density at radius 1 is 0.878 bits per heavy atom. The summed E-state index contributed by atoms with van der Waals surface area (Å²) >= 11 is 0. The summed E-state index contributed by atoms with van der Waals surface area (Å²) in [4.78, 5) is 29.0. The Kier molecular flexibility index (Phi) is 11.8. The van der Waals surface area contributed by atoms with Gasteiger partial charge in [0.2, 0.25) is 11.2 Å². The highest BCUT2D eigenvalue weighted by atomic mass is 19.4. The number of carbonyl (C=O) groups excluding carboxylic acids is 1. The number of halogens is 3. The second-order valence-electron chi connectivity index (χ2n) is 12.7. The molecule has 3 aromatic carbocycles. The van der Waals surface area contributed by atoms with Crippen LogP contribution in [0.2, 0.25) is 0 Å². The number of esters is 1. The first-order valence-electron chi connectivity index (χ1n) is 15.9. The minimum atomic E-state index is -5.08. The number of hydrogen-bond donors (Lipinski definition) is 0. The average molecular weight is 682 g/mol. The molecule has 0 bridgehead atoms. The summed E-state index contributed by atoms with van der Waals surface area (Å²) in [6, 6.07) is 12.5. The minimum Gasteiger partial charge on any atom is -0.493 e. The molecule has 0 radical (unpaired) electrons. The normalized spacial score (nSPS) is 12.0. The summed E-state index contributed by atoms with van der Waals surface area (Å²) in [5.74, 6) is -1.93. The van der Waals surface area contributed by atoms with Crippen molar-refractivity contribution in [1.29, 1.82) is 0 Å². The number of carbonyl (C=O) groups is 1. The van der Waals surface area contributed by atoms with Crippen LogP contribution in [0.5, 0.6) is 28.7 Å². The third-order valence-corrected chi connectivity index (χ3v) is 7.69. The van der Waals surface area contributed by atoms with Gasteiger partial charge in [0.25, 0.3) is 5.76 Å². The largest absolute Gasteiger partial charge is 0.493 e. The van der Waals surface area contributed by atoms with Crippen molar-refractivity contribution in [3.05, 3.63) is 92.8 Å². The molecule has 262 valence electrons. The topological polar surface area (TPSA) is 87.4 Å². The van der Waals surface area contributed by atoms with E-state index in [2.05, 4.69) is 0 Å². The SMILES string of the molecule is COc1ccc(C=CC(=O)Oc2ccc3c(=O)c(Oc4ccc(C)c(C)c4)c(C(F)(F)F)oc3c2CN(CC(C)C)CC(C)C)cc1OC. The standard InChI is InChI=1S/C38H42F3NO7/c1-22(2)19-42(20-23(3)4)21-29-30(48-33(43)16-11-26-10-14-31(45-7)32(18-26)46-8)15-13-28-34(44)36(37(38(39,40)41)49-35(28)29)47-27-12-9-24(5)25(6)17-27/h9-18,22-23H,19-21H2,1-8H3. The van der Waals surface area contributed by atoms with E-state index < -0.39 is 29.1 Å².